The van der Waals surface area contributed by atoms with Crippen molar-refractivity contribution >= 4 is 17.7 Å². The molecule has 0 aliphatic carbocycles. The Kier molecular flexibility index (Phi) is 8.63. The molecule has 3 amide bonds. The van der Waals surface area contributed by atoms with E-state index in [1.54, 1.807) is 17.0 Å². The van der Waals surface area contributed by atoms with Crippen molar-refractivity contribution in [2.45, 2.75) is 57.7 Å². The summed E-state index contributed by atoms with van der Waals surface area (Å²) in [6.07, 6.45) is 2.44. The summed E-state index contributed by atoms with van der Waals surface area (Å²) in [7, 11) is 0. The van der Waals surface area contributed by atoms with Crippen LogP contribution in [0.25, 0.3) is 0 Å². The number of hydrogen-bond acceptors (Lipinski definition) is 3. The molecule has 0 bridgehead atoms. The molecule has 0 unspecified atom stereocenters. The largest absolute Gasteiger partial charge is 0.341 e. The van der Waals surface area contributed by atoms with Crippen LogP contribution in [0.1, 0.15) is 48.2 Å². The fraction of sp³-hybridized carbons (Fsp3) is 0.382. The van der Waals surface area contributed by atoms with Crippen molar-refractivity contribution in [3.8, 4) is 0 Å². The number of hydrogen-bond donors (Lipinski definition) is 0. The number of carbonyl (C=O) groups excluding carboxylic acids is 3. The van der Waals surface area contributed by atoms with Crippen molar-refractivity contribution in [2.24, 2.45) is 5.92 Å². The molecule has 3 atom stereocenters. The third-order valence-electron chi connectivity index (χ3n) is 8.18. The van der Waals surface area contributed by atoms with Crippen molar-refractivity contribution in [1.82, 2.24) is 14.7 Å². The van der Waals surface area contributed by atoms with Gasteiger partial charge in [0, 0.05) is 38.0 Å². The Hall–Kier alpha value is -3.93. The van der Waals surface area contributed by atoms with E-state index in [4.69, 9.17) is 0 Å². The van der Waals surface area contributed by atoms with Gasteiger partial charge >= 0.3 is 0 Å². The van der Waals surface area contributed by atoms with E-state index in [1.165, 1.54) is 0 Å². The monoisotopic (exact) mass is 537 g/mol. The lowest BCUT2D eigenvalue weighted by atomic mass is 9.93. The van der Waals surface area contributed by atoms with Crippen molar-refractivity contribution < 1.29 is 14.4 Å². The van der Waals surface area contributed by atoms with Gasteiger partial charge in [-0.2, -0.15) is 0 Å². The summed E-state index contributed by atoms with van der Waals surface area (Å²) in [5.41, 5.74) is 2.59. The maximum Gasteiger partial charge on any atom is 0.254 e. The number of benzene rings is 3. The maximum atomic E-state index is 14.5. The zero-order chi connectivity index (χ0) is 28.1. The lowest BCUT2D eigenvalue weighted by Gasteiger charge is -2.47. The lowest BCUT2D eigenvalue weighted by molar-refractivity contribution is -0.153. The van der Waals surface area contributed by atoms with Gasteiger partial charge in [0.15, 0.2) is 0 Å². The normalized spacial score (nSPS) is 21.4. The first-order valence-electron chi connectivity index (χ1n) is 14.5. The van der Waals surface area contributed by atoms with Crippen molar-refractivity contribution in [2.75, 3.05) is 19.6 Å². The van der Waals surface area contributed by atoms with Crippen molar-refractivity contribution in [3.63, 3.8) is 0 Å². The molecule has 2 heterocycles. The third-order valence-corrected chi connectivity index (χ3v) is 8.18. The van der Waals surface area contributed by atoms with Gasteiger partial charge < -0.3 is 14.7 Å². The van der Waals surface area contributed by atoms with E-state index in [1.807, 2.05) is 88.7 Å². The SMILES string of the molecule is CC(C)CCN1CC[C@@H]2CN(C(=O)c3ccccc3)[C@@H](Cc3ccccc3)C(=O)N2[C@@H](Cc2ccccc2)C1=O. The fourth-order valence-electron chi connectivity index (χ4n) is 5.98. The van der Waals surface area contributed by atoms with Gasteiger partial charge in [0.05, 0.1) is 6.04 Å². The minimum Gasteiger partial charge on any atom is -0.341 e. The smallest absolute Gasteiger partial charge is 0.254 e. The Morgan fingerprint density at radius 2 is 1.32 bits per heavy atom. The van der Waals surface area contributed by atoms with Crippen LogP contribution in [-0.4, -0.2) is 70.2 Å². The molecule has 2 aliphatic rings. The zero-order valence-corrected chi connectivity index (χ0v) is 23.5. The second-order valence-electron chi connectivity index (χ2n) is 11.4. The first-order valence-corrected chi connectivity index (χ1v) is 14.5. The molecule has 5 rings (SSSR count). The summed E-state index contributed by atoms with van der Waals surface area (Å²) in [6.45, 7) is 6.00. The number of amides is 3. The van der Waals surface area contributed by atoms with E-state index in [0.717, 1.165) is 17.5 Å². The van der Waals surface area contributed by atoms with Crippen molar-refractivity contribution in [1.29, 1.82) is 0 Å². The molecule has 3 aromatic rings. The summed E-state index contributed by atoms with van der Waals surface area (Å²) in [4.78, 5) is 48.1. The van der Waals surface area contributed by atoms with Gasteiger partial charge in [0.2, 0.25) is 11.8 Å². The number of carbonyl (C=O) groups is 3. The molecule has 0 radical (unpaired) electrons. The number of nitrogens with zero attached hydrogens (tertiary/aromatic N) is 3. The molecule has 0 aromatic heterocycles. The Morgan fingerprint density at radius 3 is 1.90 bits per heavy atom. The third kappa shape index (κ3) is 6.11. The molecule has 6 nitrogen and oxygen atoms in total. The van der Waals surface area contributed by atoms with Crippen molar-refractivity contribution in [3.05, 3.63) is 108 Å². The summed E-state index contributed by atoms with van der Waals surface area (Å²) < 4.78 is 0. The standard InChI is InChI=1S/C34H39N3O3/c1-25(2)18-20-35-21-19-29-24-36(32(38)28-16-10-5-11-17-28)30(22-26-12-6-3-7-13-26)34(40)37(29)31(33(35)39)23-27-14-8-4-9-15-27/h3-17,25,29-31H,18-24H2,1-2H3/t29-,30+,31+/m1/s1. The molecule has 2 saturated heterocycles. The summed E-state index contributed by atoms with van der Waals surface area (Å²) in [5.74, 6) is 0.217. The van der Waals surface area contributed by atoms with E-state index in [0.29, 0.717) is 50.4 Å². The van der Waals surface area contributed by atoms with Gasteiger partial charge in [0.25, 0.3) is 5.91 Å². The number of rotatable bonds is 8. The van der Waals surface area contributed by atoms with Gasteiger partial charge in [-0.3, -0.25) is 14.4 Å². The molecule has 0 spiro atoms. The highest BCUT2D eigenvalue weighted by molar-refractivity contribution is 5.99. The average Bonchev–Trinajstić information content (AvgIpc) is 3.10. The van der Waals surface area contributed by atoms with Crippen LogP contribution in [0.4, 0.5) is 0 Å². The number of fused-ring (bicyclic) bond motifs is 1. The Balaban J connectivity index is 1.53. The van der Waals surface area contributed by atoms with Crippen LogP contribution in [0.5, 0.6) is 0 Å². The average molecular weight is 538 g/mol. The van der Waals surface area contributed by atoms with Crippen LogP contribution in [0.3, 0.4) is 0 Å². The lowest BCUT2D eigenvalue weighted by Crippen LogP contribution is -2.67. The van der Waals surface area contributed by atoms with Crippen LogP contribution < -0.4 is 0 Å². The van der Waals surface area contributed by atoms with Crippen LogP contribution >= 0.6 is 0 Å². The minimum atomic E-state index is -0.681. The zero-order valence-electron chi connectivity index (χ0n) is 23.5. The highest BCUT2D eigenvalue weighted by Gasteiger charge is 2.49. The quantitative estimate of drug-likeness (QED) is 0.413. The summed E-state index contributed by atoms with van der Waals surface area (Å²) in [5, 5.41) is 0. The molecule has 2 fully saturated rings. The highest BCUT2D eigenvalue weighted by atomic mass is 16.2. The van der Waals surface area contributed by atoms with Crippen LogP contribution in [0.2, 0.25) is 0 Å². The number of piperazine rings is 1. The molecule has 3 aromatic carbocycles. The predicted molar refractivity (Wildman–Crippen MR) is 157 cm³/mol. The molecule has 2 aliphatic heterocycles. The highest BCUT2D eigenvalue weighted by Crippen LogP contribution is 2.30. The summed E-state index contributed by atoms with van der Waals surface area (Å²) >= 11 is 0. The predicted octanol–water partition coefficient (Wildman–Crippen LogP) is 4.84. The van der Waals surface area contributed by atoms with E-state index in [-0.39, 0.29) is 23.8 Å². The van der Waals surface area contributed by atoms with Crippen LogP contribution in [0.15, 0.2) is 91.0 Å². The topological polar surface area (TPSA) is 60.9 Å². The Bertz CT molecular complexity index is 1300. The van der Waals surface area contributed by atoms with E-state index in [9.17, 15) is 14.4 Å². The van der Waals surface area contributed by atoms with Gasteiger partial charge in [-0.25, -0.2) is 0 Å². The molecule has 208 valence electrons. The van der Waals surface area contributed by atoms with Gasteiger partial charge in [-0.1, -0.05) is 92.7 Å². The van der Waals surface area contributed by atoms with E-state index < -0.39 is 12.1 Å². The molecule has 0 saturated carbocycles. The second kappa shape index (κ2) is 12.5. The van der Waals surface area contributed by atoms with Gasteiger partial charge in [-0.05, 0) is 42.0 Å². The molecule has 40 heavy (non-hydrogen) atoms. The van der Waals surface area contributed by atoms with E-state index >= 15 is 0 Å². The van der Waals surface area contributed by atoms with Crippen LogP contribution in [-0.2, 0) is 22.4 Å². The second-order valence-corrected chi connectivity index (χ2v) is 11.4. The molecule has 6 heteroatoms. The van der Waals surface area contributed by atoms with Gasteiger partial charge in [-0.15, -0.1) is 0 Å². The Morgan fingerprint density at radius 1 is 0.775 bits per heavy atom. The molecule has 0 N–H and O–H groups in total. The minimum absolute atomic E-state index is 0.0154. The first kappa shape index (κ1) is 27.6. The Labute approximate surface area is 237 Å². The van der Waals surface area contributed by atoms with E-state index in [2.05, 4.69) is 13.8 Å². The van der Waals surface area contributed by atoms with Crippen LogP contribution in [0, 0.1) is 5.92 Å². The summed E-state index contributed by atoms with van der Waals surface area (Å²) in [6, 6.07) is 27.5. The first-order chi connectivity index (χ1) is 19.4. The maximum absolute atomic E-state index is 14.5. The molecular weight excluding hydrogens is 498 g/mol. The molecular formula is C34H39N3O3. The van der Waals surface area contributed by atoms with Gasteiger partial charge in [0.1, 0.15) is 12.1 Å². The fourth-order valence-corrected chi connectivity index (χ4v) is 5.98.